The van der Waals surface area contributed by atoms with E-state index in [4.69, 9.17) is 4.74 Å². The molecule has 0 bridgehead atoms. The van der Waals surface area contributed by atoms with Crippen molar-refractivity contribution in [3.63, 3.8) is 0 Å². The molecule has 2 heterocycles. The summed E-state index contributed by atoms with van der Waals surface area (Å²) in [4.78, 5) is 12.9. The number of anilines is 1. The third-order valence-electron chi connectivity index (χ3n) is 6.35. The van der Waals surface area contributed by atoms with Crippen LogP contribution in [0.5, 0.6) is 0 Å². The van der Waals surface area contributed by atoms with E-state index in [1.54, 1.807) is 0 Å². The molecule has 5 nitrogen and oxygen atoms in total. The van der Waals surface area contributed by atoms with Crippen molar-refractivity contribution in [2.75, 3.05) is 25.1 Å². The van der Waals surface area contributed by atoms with Crippen molar-refractivity contribution in [3.05, 3.63) is 28.9 Å². The number of halogens is 3. The Hall–Kier alpha value is -1.51. The van der Waals surface area contributed by atoms with Crippen molar-refractivity contribution >= 4 is 38.4 Å². The number of amides is 1. The molecule has 0 atom stereocenters. The SMILES string of the molecule is O=C(CC1(C2CCC(F)(F)CC2)COC1)Nc1cn(CCO)c2cccc(Br)c12. The summed E-state index contributed by atoms with van der Waals surface area (Å²) in [7, 11) is 0. The number of fused-ring (bicyclic) bond motifs is 1. The molecule has 2 aromatic rings. The van der Waals surface area contributed by atoms with Gasteiger partial charge in [-0.3, -0.25) is 4.79 Å². The molecule has 1 aliphatic heterocycles. The molecule has 1 saturated carbocycles. The Kier molecular flexibility index (Phi) is 5.70. The Bertz CT molecular complexity index is 901. The number of aromatic nitrogens is 1. The molecule has 4 rings (SSSR count). The number of hydrogen-bond donors (Lipinski definition) is 2. The molecule has 2 aliphatic rings. The van der Waals surface area contributed by atoms with E-state index in [0.29, 0.717) is 38.3 Å². The largest absolute Gasteiger partial charge is 0.395 e. The standard InChI is InChI=1S/C21H25BrF2N2O3/c22-15-2-1-3-17-19(15)16(11-26(17)8-9-27)25-18(28)10-20(12-29-13-20)14-4-6-21(23,24)7-5-14/h1-3,11,14,27H,4-10,12-13H2,(H,25,28). The second-order valence-electron chi connectivity index (χ2n) is 8.30. The zero-order valence-corrected chi connectivity index (χ0v) is 17.7. The van der Waals surface area contributed by atoms with Crippen LogP contribution in [0, 0.1) is 11.3 Å². The van der Waals surface area contributed by atoms with Gasteiger partial charge in [-0.1, -0.05) is 22.0 Å². The van der Waals surface area contributed by atoms with Crippen molar-refractivity contribution in [3.8, 4) is 0 Å². The Labute approximate surface area is 176 Å². The number of nitrogens with one attached hydrogen (secondary N) is 1. The summed E-state index contributed by atoms with van der Waals surface area (Å²) in [5.41, 5.74) is 1.25. The van der Waals surface area contributed by atoms with Crippen LogP contribution in [0.4, 0.5) is 14.5 Å². The monoisotopic (exact) mass is 470 g/mol. The maximum absolute atomic E-state index is 13.6. The van der Waals surface area contributed by atoms with Crippen LogP contribution in [0.2, 0.25) is 0 Å². The van der Waals surface area contributed by atoms with E-state index in [2.05, 4.69) is 21.2 Å². The summed E-state index contributed by atoms with van der Waals surface area (Å²) in [5, 5.41) is 13.2. The molecule has 0 radical (unpaired) electrons. The lowest BCUT2D eigenvalue weighted by Crippen LogP contribution is -2.52. The van der Waals surface area contributed by atoms with E-state index in [-0.39, 0.29) is 43.1 Å². The van der Waals surface area contributed by atoms with Crippen molar-refractivity contribution in [2.24, 2.45) is 11.3 Å². The van der Waals surface area contributed by atoms with Gasteiger partial charge in [-0.2, -0.15) is 0 Å². The molecule has 1 saturated heterocycles. The minimum absolute atomic E-state index is 0.00353. The Morgan fingerprint density at radius 3 is 2.66 bits per heavy atom. The molecule has 0 unspecified atom stereocenters. The van der Waals surface area contributed by atoms with Gasteiger partial charge in [0, 0.05) is 47.3 Å². The predicted molar refractivity (Wildman–Crippen MR) is 110 cm³/mol. The molecule has 2 N–H and O–H groups in total. The molecular formula is C21H25BrF2N2O3. The van der Waals surface area contributed by atoms with Crippen LogP contribution in [0.3, 0.4) is 0 Å². The quantitative estimate of drug-likeness (QED) is 0.649. The maximum Gasteiger partial charge on any atom is 0.248 e. The highest BCUT2D eigenvalue weighted by molar-refractivity contribution is 9.10. The number of ether oxygens (including phenoxy) is 1. The van der Waals surface area contributed by atoms with Gasteiger partial charge in [-0.15, -0.1) is 0 Å². The second-order valence-corrected chi connectivity index (χ2v) is 9.16. The average molecular weight is 471 g/mol. The summed E-state index contributed by atoms with van der Waals surface area (Å²) in [6.45, 7) is 1.33. The normalized spacial score (nSPS) is 21.1. The molecule has 0 spiro atoms. The van der Waals surface area contributed by atoms with Crippen LogP contribution < -0.4 is 5.32 Å². The lowest BCUT2D eigenvalue weighted by atomic mass is 9.65. The molecular weight excluding hydrogens is 446 g/mol. The van der Waals surface area contributed by atoms with E-state index in [1.807, 2.05) is 29.0 Å². The first kappa shape index (κ1) is 20.8. The molecule has 8 heteroatoms. The van der Waals surface area contributed by atoms with Crippen molar-refractivity contribution < 1.29 is 23.4 Å². The average Bonchev–Trinajstić information content (AvgIpc) is 2.97. The van der Waals surface area contributed by atoms with Gasteiger partial charge < -0.3 is 19.7 Å². The van der Waals surface area contributed by atoms with Gasteiger partial charge >= 0.3 is 0 Å². The van der Waals surface area contributed by atoms with E-state index in [0.717, 1.165) is 15.4 Å². The minimum Gasteiger partial charge on any atom is -0.395 e. The van der Waals surface area contributed by atoms with Gasteiger partial charge in [0.25, 0.3) is 0 Å². The molecule has 2 fully saturated rings. The maximum atomic E-state index is 13.6. The zero-order valence-electron chi connectivity index (χ0n) is 16.1. The number of benzene rings is 1. The van der Waals surface area contributed by atoms with Crippen LogP contribution in [-0.2, 0) is 16.1 Å². The first-order valence-corrected chi connectivity index (χ1v) is 10.8. The molecule has 29 heavy (non-hydrogen) atoms. The Morgan fingerprint density at radius 2 is 2.03 bits per heavy atom. The first-order valence-electron chi connectivity index (χ1n) is 9.97. The molecule has 158 valence electrons. The van der Waals surface area contributed by atoms with E-state index in [1.165, 1.54) is 0 Å². The summed E-state index contributed by atoms with van der Waals surface area (Å²) >= 11 is 3.54. The third-order valence-corrected chi connectivity index (χ3v) is 7.01. The van der Waals surface area contributed by atoms with Crippen molar-refractivity contribution in [1.29, 1.82) is 0 Å². The van der Waals surface area contributed by atoms with E-state index in [9.17, 15) is 18.7 Å². The Balaban J connectivity index is 1.51. The highest BCUT2D eigenvalue weighted by Crippen LogP contribution is 2.49. The lowest BCUT2D eigenvalue weighted by Gasteiger charge is -2.49. The third kappa shape index (κ3) is 4.07. The predicted octanol–water partition coefficient (Wildman–Crippen LogP) is 4.57. The smallest absolute Gasteiger partial charge is 0.248 e. The van der Waals surface area contributed by atoms with Gasteiger partial charge in [0.2, 0.25) is 11.8 Å². The summed E-state index contributed by atoms with van der Waals surface area (Å²) < 4.78 is 35.3. The minimum atomic E-state index is -2.58. The summed E-state index contributed by atoms with van der Waals surface area (Å²) in [6.07, 6.45) is 2.75. The fourth-order valence-corrected chi connectivity index (χ4v) is 5.28. The number of carbonyl (C=O) groups excluding carboxylic acids is 1. The van der Waals surface area contributed by atoms with Crippen LogP contribution >= 0.6 is 15.9 Å². The first-order chi connectivity index (χ1) is 13.8. The number of aliphatic hydroxyl groups excluding tert-OH is 1. The van der Waals surface area contributed by atoms with Gasteiger partial charge in [0.05, 0.1) is 31.0 Å². The van der Waals surface area contributed by atoms with E-state index >= 15 is 0 Å². The van der Waals surface area contributed by atoms with Crippen LogP contribution in [-0.4, -0.2) is 41.3 Å². The summed E-state index contributed by atoms with van der Waals surface area (Å²) in [5.74, 6) is -2.63. The number of nitrogens with zero attached hydrogens (tertiary/aromatic N) is 1. The topological polar surface area (TPSA) is 63.5 Å². The second kappa shape index (κ2) is 7.96. The number of rotatable bonds is 6. The fourth-order valence-electron chi connectivity index (χ4n) is 4.71. The number of hydrogen-bond acceptors (Lipinski definition) is 3. The lowest BCUT2D eigenvalue weighted by molar-refractivity contribution is -0.174. The van der Waals surface area contributed by atoms with Crippen LogP contribution in [0.15, 0.2) is 28.9 Å². The fraction of sp³-hybridized carbons (Fsp3) is 0.571. The molecule has 1 aliphatic carbocycles. The zero-order chi connectivity index (χ0) is 20.6. The molecule has 1 aromatic heterocycles. The van der Waals surface area contributed by atoms with Gasteiger partial charge in [0.15, 0.2) is 0 Å². The molecule has 1 aromatic carbocycles. The highest BCUT2D eigenvalue weighted by Gasteiger charge is 2.50. The van der Waals surface area contributed by atoms with Crippen molar-refractivity contribution in [2.45, 2.75) is 44.6 Å². The van der Waals surface area contributed by atoms with Crippen LogP contribution in [0.25, 0.3) is 10.9 Å². The van der Waals surface area contributed by atoms with Gasteiger partial charge in [0.1, 0.15) is 0 Å². The highest BCUT2D eigenvalue weighted by atomic mass is 79.9. The number of alkyl halides is 2. The van der Waals surface area contributed by atoms with Crippen LogP contribution in [0.1, 0.15) is 32.1 Å². The number of aliphatic hydroxyl groups is 1. The molecule has 1 amide bonds. The number of carbonyl (C=O) groups is 1. The van der Waals surface area contributed by atoms with Gasteiger partial charge in [-0.05, 0) is 30.9 Å². The van der Waals surface area contributed by atoms with Gasteiger partial charge in [-0.25, -0.2) is 8.78 Å². The van der Waals surface area contributed by atoms with E-state index < -0.39 is 5.92 Å². The Morgan fingerprint density at radius 1 is 1.31 bits per heavy atom. The summed E-state index contributed by atoms with van der Waals surface area (Å²) in [6, 6.07) is 5.76. The van der Waals surface area contributed by atoms with Crippen molar-refractivity contribution in [1.82, 2.24) is 4.57 Å².